The van der Waals surface area contributed by atoms with Gasteiger partial charge in [-0.3, -0.25) is 0 Å². The van der Waals surface area contributed by atoms with Crippen LogP contribution in [0, 0.1) is 12.0 Å². The van der Waals surface area contributed by atoms with Crippen LogP contribution in [0.5, 0.6) is 0 Å². The minimum atomic E-state index is -0.831. The fraction of sp³-hybridized carbons (Fsp3) is 0.833. The van der Waals surface area contributed by atoms with Gasteiger partial charge in [0.25, 0.3) is 0 Å². The largest absolute Gasteiger partial charge is 0.477 e. The highest BCUT2D eigenvalue weighted by molar-refractivity contribution is 5.94. The van der Waals surface area contributed by atoms with Crippen LogP contribution in [0.3, 0.4) is 0 Å². The number of aliphatic hydroxyl groups excluding tert-OH is 1. The van der Waals surface area contributed by atoms with Crippen molar-refractivity contribution in [2.75, 3.05) is 39.3 Å². The topological polar surface area (TPSA) is 75.8 Å². The Hall–Kier alpha value is -1.58. The molecule has 0 saturated carbocycles. The fourth-order valence-electron chi connectivity index (χ4n) is 3.68. The molecule has 0 aromatic heterocycles. The number of carboxylic acids is 1. The second-order valence-corrected chi connectivity index (χ2v) is 8.45. The number of carbonyl (C=O) groups is 1. The molecule has 0 amide bonds. The molecule has 0 saturated heterocycles. The molecule has 3 N–H and O–H groups in total. The van der Waals surface area contributed by atoms with Crippen LogP contribution in [0.2, 0.25) is 0 Å². The van der Waals surface area contributed by atoms with Crippen LogP contribution in [-0.4, -0.2) is 76.7 Å². The lowest BCUT2D eigenvalue weighted by Gasteiger charge is -2.17. The van der Waals surface area contributed by atoms with Gasteiger partial charge in [-0.2, -0.15) is 0 Å². The van der Waals surface area contributed by atoms with E-state index in [1.807, 2.05) is 11.8 Å². The Labute approximate surface area is 183 Å². The Kier molecular flexibility index (Phi) is 15.1. The van der Waals surface area contributed by atoms with E-state index in [-0.39, 0.29) is 12.6 Å². The summed E-state index contributed by atoms with van der Waals surface area (Å²) in [6.07, 6.45) is 13.7. The first kappa shape index (κ1) is 26.5. The smallest absolute Gasteiger partial charge is 0.369 e. The summed E-state index contributed by atoms with van der Waals surface area (Å²) in [6.45, 7) is 7.65. The number of nitrogens with one attached hydrogen (secondary N) is 1. The molecule has 1 unspecified atom stereocenters. The zero-order valence-electron chi connectivity index (χ0n) is 19.3. The second kappa shape index (κ2) is 17.1. The maximum atomic E-state index is 10.9. The van der Waals surface area contributed by atoms with Crippen molar-refractivity contribution in [3.05, 3.63) is 0 Å². The predicted octanol–water partition coefficient (Wildman–Crippen LogP) is 3.08. The van der Waals surface area contributed by atoms with Crippen molar-refractivity contribution in [3.63, 3.8) is 0 Å². The van der Waals surface area contributed by atoms with Gasteiger partial charge in [0.15, 0.2) is 6.54 Å². The van der Waals surface area contributed by atoms with Crippen molar-refractivity contribution in [3.8, 4) is 12.0 Å². The summed E-state index contributed by atoms with van der Waals surface area (Å²) in [5.41, 5.74) is 0.805. The third kappa shape index (κ3) is 13.6. The summed E-state index contributed by atoms with van der Waals surface area (Å²) in [7, 11) is 0. The summed E-state index contributed by atoms with van der Waals surface area (Å²) in [5, 5.41) is 22.4. The highest BCUT2D eigenvalue weighted by Gasteiger charge is 2.17. The van der Waals surface area contributed by atoms with E-state index in [9.17, 15) is 9.90 Å². The summed E-state index contributed by atoms with van der Waals surface area (Å²) in [4.78, 5) is 12.9. The quantitative estimate of drug-likeness (QED) is 0.180. The molecule has 0 radical (unpaired) electrons. The number of rotatable bonds is 18. The third-order valence-corrected chi connectivity index (χ3v) is 5.66. The number of hydrogen-bond donors (Lipinski definition) is 3. The SMILES string of the molecule is CCCCCCCCCCCCC(O)CNCCN1C#CC(C)=[N+](CC(=O)O)CC1. The van der Waals surface area contributed by atoms with Gasteiger partial charge in [0.2, 0.25) is 12.3 Å². The molecule has 30 heavy (non-hydrogen) atoms. The van der Waals surface area contributed by atoms with E-state index in [4.69, 9.17) is 5.11 Å². The summed E-state index contributed by atoms with van der Waals surface area (Å²) in [5.74, 6) is 2.21. The van der Waals surface area contributed by atoms with Gasteiger partial charge in [-0.15, -0.1) is 0 Å². The fourth-order valence-corrected chi connectivity index (χ4v) is 3.68. The van der Waals surface area contributed by atoms with Gasteiger partial charge in [-0.1, -0.05) is 71.1 Å². The van der Waals surface area contributed by atoms with Crippen molar-refractivity contribution in [2.45, 2.75) is 90.6 Å². The van der Waals surface area contributed by atoms with E-state index < -0.39 is 5.97 Å². The van der Waals surface area contributed by atoms with E-state index in [2.05, 4.69) is 24.2 Å². The van der Waals surface area contributed by atoms with E-state index in [1.54, 1.807) is 4.58 Å². The minimum absolute atomic E-state index is 0.00223. The standard InChI is InChI=1S/C24H43N3O3/c1-3-4-5-6-7-8-9-10-11-12-13-23(28)20-25-15-17-26-16-14-22(2)27(19-18-26)21-24(29)30/h23,25,28H,3-13,15,17-21H2,1-2H3/p+1. The van der Waals surface area contributed by atoms with Gasteiger partial charge >= 0.3 is 5.97 Å². The Morgan fingerprint density at radius 3 is 2.40 bits per heavy atom. The minimum Gasteiger partial charge on any atom is -0.477 e. The first-order chi connectivity index (χ1) is 14.5. The van der Waals surface area contributed by atoms with Gasteiger partial charge in [0, 0.05) is 38.5 Å². The zero-order chi connectivity index (χ0) is 22.0. The molecule has 0 aromatic rings. The highest BCUT2D eigenvalue weighted by Crippen LogP contribution is 2.11. The molecule has 0 spiro atoms. The molecule has 6 heteroatoms. The molecule has 1 rings (SSSR count). The molecule has 0 aromatic carbocycles. The van der Waals surface area contributed by atoms with Gasteiger partial charge in [-0.05, 0) is 6.42 Å². The van der Waals surface area contributed by atoms with Crippen LogP contribution in [0.25, 0.3) is 0 Å². The molecule has 0 fully saturated rings. The van der Waals surface area contributed by atoms with Crippen LogP contribution < -0.4 is 5.32 Å². The molecule has 6 nitrogen and oxygen atoms in total. The number of nitrogens with zero attached hydrogens (tertiary/aromatic N) is 2. The van der Waals surface area contributed by atoms with Crippen molar-refractivity contribution >= 4 is 11.7 Å². The Morgan fingerprint density at radius 1 is 1.13 bits per heavy atom. The Balaban J connectivity index is 1.99. The number of unbranched alkanes of at least 4 members (excludes halogenated alkanes) is 9. The van der Waals surface area contributed by atoms with E-state index in [1.165, 1.54) is 57.8 Å². The van der Waals surface area contributed by atoms with E-state index in [0.717, 1.165) is 38.2 Å². The Bertz CT molecular complexity index is 566. The molecule has 1 heterocycles. The molecule has 1 aliphatic heterocycles. The molecule has 1 atom stereocenters. The number of hydrogen-bond acceptors (Lipinski definition) is 4. The van der Waals surface area contributed by atoms with Crippen molar-refractivity contribution < 1.29 is 19.6 Å². The van der Waals surface area contributed by atoms with Crippen LogP contribution >= 0.6 is 0 Å². The molecule has 172 valence electrons. The lowest BCUT2D eigenvalue weighted by Crippen LogP contribution is -2.36. The van der Waals surface area contributed by atoms with Crippen LogP contribution in [0.15, 0.2) is 0 Å². The molecule has 0 aliphatic carbocycles. The number of carboxylic acid groups (broad SMARTS) is 1. The maximum Gasteiger partial charge on any atom is 0.369 e. The lowest BCUT2D eigenvalue weighted by molar-refractivity contribution is -0.517. The van der Waals surface area contributed by atoms with Crippen LogP contribution in [-0.2, 0) is 4.79 Å². The van der Waals surface area contributed by atoms with Gasteiger partial charge in [0.05, 0.1) is 12.6 Å². The number of aliphatic carboxylic acids is 1. The number of aliphatic hydroxyl groups is 1. The second-order valence-electron chi connectivity index (χ2n) is 8.45. The van der Waals surface area contributed by atoms with Crippen molar-refractivity contribution in [1.29, 1.82) is 0 Å². The van der Waals surface area contributed by atoms with Gasteiger partial charge in [-0.25, -0.2) is 9.37 Å². The predicted molar refractivity (Wildman–Crippen MR) is 123 cm³/mol. The zero-order valence-corrected chi connectivity index (χ0v) is 19.3. The molecular weight excluding hydrogens is 378 g/mol. The van der Waals surface area contributed by atoms with E-state index in [0.29, 0.717) is 13.1 Å². The maximum absolute atomic E-state index is 10.9. The first-order valence-corrected chi connectivity index (χ1v) is 12.0. The first-order valence-electron chi connectivity index (χ1n) is 12.0. The van der Waals surface area contributed by atoms with Gasteiger partial charge in [0.1, 0.15) is 0 Å². The van der Waals surface area contributed by atoms with Crippen LogP contribution in [0.4, 0.5) is 0 Å². The van der Waals surface area contributed by atoms with Gasteiger partial charge < -0.3 is 20.4 Å². The molecule has 0 bridgehead atoms. The average Bonchev–Trinajstić information content (AvgIpc) is 2.88. The molecule has 1 aliphatic rings. The third-order valence-electron chi connectivity index (χ3n) is 5.66. The molecular formula is C24H44N3O3+. The average molecular weight is 423 g/mol. The monoisotopic (exact) mass is 422 g/mol. The normalized spacial score (nSPS) is 15.0. The van der Waals surface area contributed by atoms with Crippen LogP contribution in [0.1, 0.15) is 84.5 Å². The lowest BCUT2D eigenvalue weighted by atomic mass is 10.0. The summed E-state index contributed by atoms with van der Waals surface area (Å²) < 4.78 is 1.80. The Morgan fingerprint density at radius 2 is 1.77 bits per heavy atom. The highest BCUT2D eigenvalue weighted by atomic mass is 16.4. The van der Waals surface area contributed by atoms with Crippen molar-refractivity contribution in [2.24, 2.45) is 0 Å². The summed E-state index contributed by atoms with van der Waals surface area (Å²) in [6, 6.07) is 3.10. The van der Waals surface area contributed by atoms with E-state index >= 15 is 0 Å². The van der Waals surface area contributed by atoms with Crippen molar-refractivity contribution in [1.82, 2.24) is 10.2 Å². The summed E-state index contributed by atoms with van der Waals surface area (Å²) >= 11 is 0.